The van der Waals surface area contributed by atoms with Crippen LogP contribution in [0, 0.1) is 5.92 Å². The van der Waals surface area contributed by atoms with E-state index in [1.807, 2.05) is 6.92 Å². The van der Waals surface area contributed by atoms with E-state index in [9.17, 15) is 4.79 Å². The number of morpholine rings is 1. The molecule has 2 aliphatic rings. The third kappa shape index (κ3) is 3.50. The molecule has 1 saturated carbocycles. The van der Waals surface area contributed by atoms with Crippen LogP contribution in [0.25, 0.3) is 0 Å². The van der Waals surface area contributed by atoms with Crippen LogP contribution in [-0.4, -0.2) is 54.2 Å². The second-order valence-electron chi connectivity index (χ2n) is 5.39. The van der Waals surface area contributed by atoms with Crippen molar-refractivity contribution in [3.63, 3.8) is 0 Å². The van der Waals surface area contributed by atoms with E-state index in [1.54, 1.807) is 0 Å². The van der Waals surface area contributed by atoms with Gasteiger partial charge in [0.2, 0.25) is 0 Å². The maximum atomic E-state index is 12.1. The molecule has 2 unspecified atom stereocenters. The van der Waals surface area contributed by atoms with Gasteiger partial charge < -0.3 is 9.84 Å². The highest BCUT2D eigenvalue weighted by atomic mass is 16.5. The van der Waals surface area contributed by atoms with Crippen molar-refractivity contribution in [2.24, 2.45) is 5.92 Å². The number of carbonyl (C=O) groups is 1. The van der Waals surface area contributed by atoms with Crippen LogP contribution in [0.2, 0.25) is 0 Å². The first-order valence-corrected chi connectivity index (χ1v) is 6.70. The van der Waals surface area contributed by atoms with E-state index < -0.39 is 0 Å². The topological polar surface area (TPSA) is 49.8 Å². The molecule has 2 rings (SSSR count). The first kappa shape index (κ1) is 13.0. The second-order valence-corrected chi connectivity index (χ2v) is 5.39. The fourth-order valence-corrected chi connectivity index (χ4v) is 2.97. The lowest BCUT2D eigenvalue weighted by atomic mass is 10.0. The lowest BCUT2D eigenvalue weighted by Gasteiger charge is -2.36. The standard InChI is InChI=1S/C13H23NO3/c1-10-6-14(7-12(9-15)17-10)8-13(16)11-4-2-3-5-11/h10-12,15H,2-9H2,1H3. The van der Waals surface area contributed by atoms with Crippen LogP contribution in [0.5, 0.6) is 0 Å². The molecule has 0 spiro atoms. The molecule has 1 N–H and O–H groups in total. The number of carbonyl (C=O) groups excluding carboxylic acids is 1. The number of rotatable bonds is 4. The molecule has 0 aromatic carbocycles. The summed E-state index contributed by atoms with van der Waals surface area (Å²) in [5, 5.41) is 9.14. The molecule has 1 aliphatic heterocycles. The molecule has 0 amide bonds. The predicted octanol–water partition coefficient (Wildman–Crippen LogP) is 0.827. The quantitative estimate of drug-likeness (QED) is 0.792. The van der Waals surface area contributed by atoms with Gasteiger partial charge in [0, 0.05) is 19.0 Å². The van der Waals surface area contributed by atoms with Gasteiger partial charge in [0.1, 0.15) is 5.78 Å². The number of ketones is 1. The van der Waals surface area contributed by atoms with Crippen LogP contribution in [0.15, 0.2) is 0 Å². The number of aliphatic hydroxyl groups excluding tert-OH is 1. The molecule has 0 radical (unpaired) electrons. The van der Waals surface area contributed by atoms with E-state index in [0.717, 1.165) is 19.4 Å². The predicted molar refractivity (Wildman–Crippen MR) is 64.8 cm³/mol. The molecule has 0 bridgehead atoms. The van der Waals surface area contributed by atoms with E-state index in [2.05, 4.69) is 4.90 Å². The van der Waals surface area contributed by atoms with Gasteiger partial charge in [0.05, 0.1) is 25.4 Å². The average molecular weight is 241 g/mol. The third-order valence-electron chi connectivity index (χ3n) is 3.80. The van der Waals surface area contributed by atoms with Crippen molar-refractivity contribution >= 4 is 5.78 Å². The molecule has 1 saturated heterocycles. The fraction of sp³-hybridized carbons (Fsp3) is 0.923. The summed E-state index contributed by atoms with van der Waals surface area (Å²) in [6.45, 7) is 4.05. The fourth-order valence-electron chi connectivity index (χ4n) is 2.97. The minimum atomic E-state index is -0.130. The summed E-state index contributed by atoms with van der Waals surface area (Å²) in [5.41, 5.74) is 0. The SMILES string of the molecule is CC1CN(CC(=O)C2CCCC2)CC(CO)O1. The molecular weight excluding hydrogens is 218 g/mol. The largest absolute Gasteiger partial charge is 0.394 e. The Labute approximate surface area is 103 Å². The van der Waals surface area contributed by atoms with Crippen molar-refractivity contribution in [1.29, 1.82) is 0 Å². The highest BCUT2D eigenvalue weighted by molar-refractivity contribution is 5.83. The van der Waals surface area contributed by atoms with Gasteiger partial charge in [0.25, 0.3) is 0 Å². The summed E-state index contributed by atoms with van der Waals surface area (Å²) >= 11 is 0. The zero-order chi connectivity index (χ0) is 12.3. The lowest BCUT2D eigenvalue weighted by Crippen LogP contribution is -2.50. The first-order valence-electron chi connectivity index (χ1n) is 6.70. The monoisotopic (exact) mass is 241 g/mol. The molecule has 2 fully saturated rings. The van der Waals surface area contributed by atoms with Crippen molar-refractivity contribution in [1.82, 2.24) is 4.90 Å². The van der Waals surface area contributed by atoms with Crippen LogP contribution in [0.1, 0.15) is 32.6 Å². The molecule has 17 heavy (non-hydrogen) atoms. The molecule has 2 atom stereocenters. The zero-order valence-corrected chi connectivity index (χ0v) is 10.6. The number of aliphatic hydroxyl groups is 1. The summed E-state index contributed by atoms with van der Waals surface area (Å²) in [7, 11) is 0. The van der Waals surface area contributed by atoms with Crippen LogP contribution in [0.3, 0.4) is 0 Å². The Kier molecular flexibility index (Phi) is 4.54. The van der Waals surface area contributed by atoms with Gasteiger partial charge in [0.15, 0.2) is 0 Å². The average Bonchev–Trinajstić information content (AvgIpc) is 2.81. The molecule has 4 heteroatoms. The van der Waals surface area contributed by atoms with E-state index in [1.165, 1.54) is 12.8 Å². The highest BCUT2D eigenvalue weighted by Crippen LogP contribution is 2.26. The Balaban J connectivity index is 1.82. The van der Waals surface area contributed by atoms with Crippen LogP contribution >= 0.6 is 0 Å². The minimum absolute atomic E-state index is 0.0401. The second kappa shape index (κ2) is 5.94. The maximum Gasteiger partial charge on any atom is 0.149 e. The van der Waals surface area contributed by atoms with Crippen LogP contribution < -0.4 is 0 Å². The molecule has 0 aromatic heterocycles. The van der Waals surface area contributed by atoms with Crippen molar-refractivity contribution < 1.29 is 14.6 Å². The van der Waals surface area contributed by atoms with E-state index >= 15 is 0 Å². The number of ether oxygens (including phenoxy) is 1. The Hall–Kier alpha value is -0.450. The number of hydrogen-bond acceptors (Lipinski definition) is 4. The normalized spacial score (nSPS) is 31.9. The van der Waals surface area contributed by atoms with Gasteiger partial charge in [-0.05, 0) is 19.8 Å². The number of hydrogen-bond donors (Lipinski definition) is 1. The Bertz CT molecular complexity index is 263. The summed E-state index contributed by atoms with van der Waals surface area (Å²) in [6, 6.07) is 0. The van der Waals surface area contributed by atoms with Gasteiger partial charge in [-0.1, -0.05) is 12.8 Å². The molecule has 98 valence electrons. The van der Waals surface area contributed by atoms with Crippen LogP contribution in [0.4, 0.5) is 0 Å². The first-order chi connectivity index (χ1) is 8.19. The summed E-state index contributed by atoms with van der Waals surface area (Å²) in [6.07, 6.45) is 4.53. The van der Waals surface area contributed by atoms with E-state index in [0.29, 0.717) is 24.8 Å². The van der Waals surface area contributed by atoms with Crippen molar-refractivity contribution in [3.05, 3.63) is 0 Å². The Morgan fingerprint density at radius 2 is 2.06 bits per heavy atom. The molecule has 1 aliphatic carbocycles. The van der Waals surface area contributed by atoms with Gasteiger partial charge in [-0.15, -0.1) is 0 Å². The molecule has 4 nitrogen and oxygen atoms in total. The zero-order valence-electron chi connectivity index (χ0n) is 10.6. The minimum Gasteiger partial charge on any atom is -0.394 e. The number of Topliss-reactive ketones (excluding diaryl/α,β-unsaturated/α-hetero) is 1. The van der Waals surface area contributed by atoms with Crippen molar-refractivity contribution in [2.75, 3.05) is 26.2 Å². The highest BCUT2D eigenvalue weighted by Gasteiger charge is 2.29. The Morgan fingerprint density at radius 3 is 2.71 bits per heavy atom. The Morgan fingerprint density at radius 1 is 1.35 bits per heavy atom. The molecule has 0 aromatic rings. The van der Waals surface area contributed by atoms with E-state index in [4.69, 9.17) is 9.84 Å². The number of nitrogens with zero attached hydrogens (tertiary/aromatic N) is 1. The molecular formula is C13H23NO3. The third-order valence-corrected chi connectivity index (χ3v) is 3.80. The smallest absolute Gasteiger partial charge is 0.149 e. The lowest BCUT2D eigenvalue weighted by molar-refractivity contribution is -0.130. The summed E-state index contributed by atoms with van der Waals surface area (Å²) < 4.78 is 5.57. The van der Waals surface area contributed by atoms with Gasteiger partial charge in [-0.25, -0.2) is 0 Å². The maximum absolute atomic E-state index is 12.1. The van der Waals surface area contributed by atoms with Gasteiger partial charge in [-0.2, -0.15) is 0 Å². The summed E-state index contributed by atoms with van der Waals surface area (Å²) in [4.78, 5) is 14.2. The van der Waals surface area contributed by atoms with Gasteiger partial charge >= 0.3 is 0 Å². The van der Waals surface area contributed by atoms with Crippen molar-refractivity contribution in [3.8, 4) is 0 Å². The van der Waals surface area contributed by atoms with Crippen molar-refractivity contribution in [2.45, 2.75) is 44.8 Å². The van der Waals surface area contributed by atoms with Gasteiger partial charge in [-0.3, -0.25) is 9.69 Å². The van der Waals surface area contributed by atoms with E-state index in [-0.39, 0.29) is 18.8 Å². The summed E-state index contributed by atoms with van der Waals surface area (Å²) in [5.74, 6) is 0.675. The molecule has 1 heterocycles. The van der Waals surface area contributed by atoms with Crippen LogP contribution in [-0.2, 0) is 9.53 Å².